The highest BCUT2D eigenvalue weighted by Crippen LogP contribution is 2.24. The molecule has 3 rings (SSSR count). The van der Waals surface area contributed by atoms with E-state index in [2.05, 4.69) is 24.8 Å². The van der Waals surface area contributed by atoms with Gasteiger partial charge in [-0.25, -0.2) is 0 Å². The van der Waals surface area contributed by atoms with Crippen molar-refractivity contribution in [2.24, 2.45) is 5.92 Å². The van der Waals surface area contributed by atoms with Gasteiger partial charge in [0.05, 0.1) is 0 Å². The van der Waals surface area contributed by atoms with Crippen LogP contribution in [0.1, 0.15) is 25.7 Å². The highest BCUT2D eigenvalue weighted by Gasteiger charge is 2.23. The monoisotopic (exact) mass is 297 g/mol. The minimum Gasteiger partial charge on any atom is -0.396 e. The first-order chi connectivity index (χ1) is 9.76. The van der Waals surface area contributed by atoms with Crippen LogP contribution < -0.4 is 9.80 Å². The van der Waals surface area contributed by atoms with Gasteiger partial charge in [-0.2, -0.15) is 15.0 Å². The smallest absolute Gasteiger partial charge is 0.231 e. The summed E-state index contributed by atoms with van der Waals surface area (Å²) in [6.07, 6.45) is 4.30. The molecule has 2 aliphatic rings. The number of aromatic nitrogens is 3. The molecule has 2 fully saturated rings. The molecule has 0 saturated carbocycles. The molecule has 0 bridgehead atoms. The molecule has 1 aromatic rings. The fraction of sp³-hybridized carbons (Fsp3) is 0.769. The summed E-state index contributed by atoms with van der Waals surface area (Å²) in [7, 11) is 0. The normalized spacial score (nSPS) is 20.7. The molecule has 3 heterocycles. The van der Waals surface area contributed by atoms with Gasteiger partial charge in [-0.15, -0.1) is 0 Å². The van der Waals surface area contributed by atoms with Crippen LogP contribution in [-0.4, -0.2) is 52.8 Å². The second-order valence-corrected chi connectivity index (χ2v) is 5.85. The van der Waals surface area contributed by atoms with Gasteiger partial charge in [-0.1, -0.05) is 0 Å². The van der Waals surface area contributed by atoms with Crippen LogP contribution in [-0.2, 0) is 0 Å². The molecular weight excluding hydrogens is 278 g/mol. The molecule has 0 amide bonds. The van der Waals surface area contributed by atoms with Crippen molar-refractivity contribution >= 4 is 23.5 Å². The Bertz CT molecular complexity index is 458. The van der Waals surface area contributed by atoms with Crippen LogP contribution >= 0.6 is 11.6 Å². The Labute approximate surface area is 123 Å². The van der Waals surface area contributed by atoms with Crippen LogP contribution in [0.15, 0.2) is 0 Å². The maximum atomic E-state index is 9.19. The average molecular weight is 298 g/mol. The van der Waals surface area contributed by atoms with Crippen molar-refractivity contribution in [3.63, 3.8) is 0 Å². The van der Waals surface area contributed by atoms with Crippen LogP contribution in [0.4, 0.5) is 11.9 Å². The Hall–Kier alpha value is -1.14. The highest BCUT2D eigenvalue weighted by atomic mass is 35.5. The molecule has 1 aromatic heterocycles. The van der Waals surface area contributed by atoms with Crippen molar-refractivity contribution in [3.05, 3.63) is 5.28 Å². The van der Waals surface area contributed by atoms with E-state index < -0.39 is 0 Å². The van der Waals surface area contributed by atoms with E-state index in [1.165, 1.54) is 12.8 Å². The summed E-state index contributed by atoms with van der Waals surface area (Å²) in [5.74, 6) is 1.77. The average Bonchev–Trinajstić information content (AvgIpc) is 3.01. The van der Waals surface area contributed by atoms with Crippen LogP contribution in [0.2, 0.25) is 5.28 Å². The molecule has 0 aliphatic carbocycles. The minimum atomic E-state index is 0.265. The van der Waals surface area contributed by atoms with Gasteiger partial charge in [0.1, 0.15) is 0 Å². The Balaban J connectivity index is 1.76. The van der Waals surface area contributed by atoms with Crippen molar-refractivity contribution in [2.75, 3.05) is 42.6 Å². The van der Waals surface area contributed by atoms with Crippen molar-refractivity contribution in [3.8, 4) is 0 Å². The lowest BCUT2D eigenvalue weighted by Crippen LogP contribution is -2.36. The first-order valence-electron chi connectivity index (χ1n) is 7.28. The molecule has 6 nitrogen and oxygen atoms in total. The molecular formula is C13H20ClN5O. The summed E-state index contributed by atoms with van der Waals surface area (Å²) in [6, 6.07) is 0. The molecule has 110 valence electrons. The molecule has 20 heavy (non-hydrogen) atoms. The van der Waals surface area contributed by atoms with E-state index in [0.29, 0.717) is 17.8 Å². The maximum absolute atomic E-state index is 9.19. The first-order valence-corrected chi connectivity index (χ1v) is 7.66. The van der Waals surface area contributed by atoms with Crippen LogP contribution in [0.5, 0.6) is 0 Å². The summed E-state index contributed by atoms with van der Waals surface area (Å²) in [6.45, 7) is 3.99. The Kier molecular flexibility index (Phi) is 4.21. The molecule has 0 atom stereocenters. The van der Waals surface area contributed by atoms with E-state index in [1.54, 1.807) is 0 Å². The first kappa shape index (κ1) is 13.8. The third kappa shape index (κ3) is 2.96. The number of nitrogens with zero attached hydrogens (tertiary/aromatic N) is 5. The van der Waals surface area contributed by atoms with Gasteiger partial charge in [0.15, 0.2) is 0 Å². The van der Waals surface area contributed by atoms with Crippen LogP contribution in [0, 0.1) is 5.92 Å². The van der Waals surface area contributed by atoms with E-state index in [-0.39, 0.29) is 11.9 Å². The van der Waals surface area contributed by atoms with Crippen molar-refractivity contribution in [1.29, 1.82) is 0 Å². The second kappa shape index (κ2) is 6.10. The van der Waals surface area contributed by atoms with Gasteiger partial charge in [0, 0.05) is 32.8 Å². The fourth-order valence-electron chi connectivity index (χ4n) is 2.84. The van der Waals surface area contributed by atoms with Crippen molar-refractivity contribution < 1.29 is 5.11 Å². The van der Waals surface area contributed by atoms with Gasteiger partial charge in [0.25, 0.3) is 0 Å². The molecule has 2 saturated heterocycles. The summed E-state index contributed by atoms with van der Waals surface area (Å²) >= 11 is 6.05. The zero-order valence-electron chi connectivity index (χ0n) is 11.5. The summed E-state index contributed by atoms with van der Waals surface area (Å²) < 4.78 is 0. The third-order valence-electron chi connectivity index (χ3n) is 4.13. The predicted octanol–water partition coefficient (Wildman–Crippen LogP) is 1.33. The lowest BCUT2D eigenvalue weighted by atomic mass is 9.98. The van der Waals surface area contributed by atoms with E-state index in [1.807, 2.05) is 0 Å². The number of halogens is 1. The maximum Gasteiger partial charge on any atom is 0.231 e. The van der Waals surface area contributed by atoms with E-state index in [9.17, 15) is 5.11 Å². The van der Waals surface area contributed by atoms with Gasteiger partial charge in [-0.3, -0.25) is 0 Å². The number of piperidine rings is 1. The topological polar surface area (TPSA) is 65.4 Å². The molecule has 7 heteroatoms. The number of rotatable bonds is 3. The fourth-order valence-corrected chi connectivity index (χ4v) is 3.00. The quantitative estimate of drug-likeness (QED) is 0.908. The lowest BCUT2D eigenvalue weighted by molar-refractivity contribution is 0.202. The standard InChI is InChI=1S/C13H20ClN5O/c14-11-15-12(18-5-1-2-6-18)17-13(16-11)19-7-3-10(9-20)4-8-19/h10,20H,1-9H2. The molecule has 0 unspecified atom stereocenters. The molecule has 0 spiro atoms. The van der Waals surface area contributed by atoms with Crippen molar-refractivity contribution in [2.45, 2.75) is 25.7 Å². The molecule has 0 aromatic carbocycles. The van der Waals surface area contributed by atoms with Crippen LogP contribution in [0.25, 0.3) is 0 Å². The number of hydrogen-bond donors (Lipinski definition) is 1. The summed E-state index contributed by atoms with van der Waals surface area (Å²) in [5.41, 5.74) is 0. The molecule has 2 aliphatic heterocycles. The van der Waals surface area contributed by atoms with Crippen LogP contribution in [0.3, 0.4) is 0 Å². The summed E-state index contributed by atoms with van der Waals surface area (Å²) in [4.78, 5) is 17.4. The van der Waals surface area contributed by atoms with E-state index in [4.69, 9.17) is 11.6 Å². The number of hydrogen-bond acceptors (Lipinski definition) is 6. The minimum absolute atomic E-state index is 0.265. The molecule has 1 N–H and O–H groups in total. The summed E-state index contributed by atoms with van der Waals surface area (Å²) in [5, 5.41) is 9.46. The Morgan fingerprint density at radius 3 is 2.05 bits per heavy atom. The SMILES string of the molecule is OCC1CCN(c2nc(Cl)nc(N3CCCC3)n2)CC1. The predicted molar refractivity (Wildman–Crippen MR) is 78.3 cm³/mol. The largest absolute Gasteiger partial charge is 0.396 e. The number of aliphatic hydroxyl groups is 1. The van der Waals surface area contributed by atoms with Gasteiger partial charge in [-0.05, 0) is 43.2 Å². The van der Waals surface area contributed by atoms with Gasteiger partial charge >= 0.3 is 0 Å². The molecule has 0 radical (unpaired) electrons. The number of aliphatic hydroxyl groups excluding tert-OH is 1. The Morgan fingerprint density at radius 1 is 0.950 bits per heavy atom. The number of anilines is 2. The van der Waals surface area contributed by atoms with E-state index in [0.717, 1.165) is 39.0 Å². The third-order valence-corrected chi connectivity index (χ3v) is 4.30. The van der Waals surface area contributed by atoms with E-state index >= 15 is 0 Å². The zero-order chi connectivity index (χ0) is 13.9. The highest BCUT2D eigenvalue weighted by molar-refractivity contribution is 6.28. The van der Waals surface area contributed by atoms with Gasteiger partial charge < -0.3 is 14.9 Å². The van der Waals surface area contributed by atoms with Crippen molar-refractivity contribution in [1.82, 2.24) is 15.0 Å². The second-order valence-electron chi connectivity index (χ2n) is 5.51. The lowest BCUT2D eigenvalue weighted by Gasteiger charge is -2.31. The zero-order valence-corrected chi connectivity index (χ0v) is 12.3. The van der Waals surface area contributed by atoms with Gasteiger partial charge in [0.2, 0.25) is 17.2 Å². The Morgan fingerprint density at radius 2 is 1.50 bits per heavy atom.